The highest BCUT2D eigenvalue weighted by atomic mass is 15.1. The fraction of sp³-hybridized carbons (Fsp3) is 1.00. The van der Waals surface area contributed by atoms with E-state index in [0.717, 1.165) is 32.7 Å². The summed E-state index contributed by atoms with van der Waals surface area (Å²) >= 11 is 0. The monoisotopic (exact) mass is 229 g/mol. The molecule has 16 heavy (non-hydrogen) atoms. The molecule has 0 aromatic rings. The van der Waals surface area contributed by atoms with Gasteiger partial charge in [-0.1, -0.05) is 27.7 Å². The molecule has 0 radical (unpaired) electrons. The van der Waals surface area contributed by atoms with Crippen molar-refractivity contribution in [2.24, 2.45) is 5.92 Å². The van der Waals surface area contributed by atoms with Crippen LogP contribution < -0.4 is 5.32 Å². The van der Waals surface area contributed by atoms with Crippen LogP contribution in [0.1, 0.15) is 27.7 Å². The van der Waals surface area contributed by atoms with Gasteiger partial charge in [-0.05, 0) is 33.1 Å². The molecule has 0 saturated heterocycles. The Morgan fingerprint density at radius 1 is 1.06 bits per heavy atom. The molecular formula is C13H31N3. The minimum absolute atomic E-state index is 0.602. The van der Waals surface area contributed by atoms with Crippen LogP contribution >= 0.6 is 0 Å². The van der Waals surface area contributed by atoms with Crippen LogP contribution in [0.2, 0.25) is 0 Å². The quantitative estimate of drug-likeness (QED) is 0.646. The Labute approximate surface area is 102 Å². The number of hydrogen-bond donors (Lipinski definition) is 1. The standard InChI is InChI=1S/C13H31N3/c1-7-16(8-2)10-9-14-13(12(3)4)11-15(5)6/h12-14H,7-11H2,1-6H3. The second kappa shape index (κ2) is 8.97. The third-order valence-electron chi connectivity index (χ3n) is 3.10. The molecule has 1 atom stereocenters. The molecule has 98 valence electrons. The van der Waals surface area contributed by atoms with Gasteiger partial charge in [0.1, 0.15) is 0 Å². The molecular weight excluding hydrogens is 198 g/mol. The molecule has 0 aromatic carbocycles. The zero-order chi connectivity index (χ0) is 12.6. The van der Waals surface area contributed by atoms with Crippen LogP contribution in [0.3, 0.4) is 0 Å². The highest BCUT2D eigenvalue weighted by Crippen LogP contribution is 2.02. The Morgan fingerprint density at radius 2 is 1.62 bits per heavy atom. The number of nitrogens with zero attached hydrogens (tertiary/aromatic N) is 2. The molecule has 0 aliphatic carbocycles. The van der Waals surface area contributed by atoms with Gasteiger partial charge in [0, 0.05) is 25.7 Å². The van der Waals surface area contributed by atoms with Crippen molar-refractivity contribution in [3.05, 3.63) is 0 Å². The molecule has 3 nitrogen and oxygen atoms in total. The Morgan fingerprint density at radius 3 is 2.00 bits per heavy atom. The van der Waals surface area contributed by atoms with Crippen molar-refractivity contribution in [3.8, 4) is 0 Å². The van der Waals surface area contributed by atoms with Crippen LogP contribution in [0, 0.1) is 5.92 Å². The number of hydrogen-bond acceptors (Lipinski definition) is 3. The number of rotatable bonds is 9. The summed E-state index contributed by atoms with van der Waals surface area (Å²) in [6.45, 7) is 14.7. The lowest BCUT2D eigenvalue weighted by atomic mass is 10.0. The van der Waals surface area contributed by atoms with Crippen molar-refractivity contribution in [2.45, 2.75) is 33.7 Å². The summed E-state index contributed by atoms with van der Waals surface area (Å²) in [5, 5.41) is 3.67. The second-order valence-electron chi connectivity index (χ2n) is 5.09. The summed E-state index contributed by atoms with van der Waals surface area (Å²) in [4.78, 5) is 4.72. The van der Waals surface area contributed by atoms with Crippen LogP contribution in [0.15, 0.2) is 0 Å². The summed E-state index contributed by atoms with van der Waals surface area (Å²) in [7, 11) is 4.28. The summed E-state index contributed by atoms with van der Waals surface area (Å²) in [6.07, 6.45) is 0. The van der Waals surface area contributed by atoms with E-state index in [0.29, 0.717) is 12.0 Å². The highest BCUT2D eigenvalue weighted by Gasteiger charge is 2.13. The van der Waals surface area contributed by atoms with Gasteiger partial charge in [0.05, 0.1) is 0 Å². The van der Waals surface area contributed by atoms with E-state index in [2.05, 4.69) is 56.9 Å². The normalized spacial score (nSPS) is 14.1. The van der Waals surface area contributed by atoms with Gasteiger partial charge in [0.2, 0.25) is 0 Å². The van der Waals surface area contributed by atoms with Gasteiger partial charge in [0.25, 0.3) is 0 Å². The van der Waals surface area contributed by atoms with Crippen molar-refractivity contribution in [3.63, 3.8) is 0 Å². The summed E-state index contributed by atoms with van der Waals surface area (Å²) in [6, 6.07) is 0.602. The van der Waals surface area contributed by atoms with E-state index in [4.69, 9.17) is 0 Å². The maximum atomic E-state index is 3.67. The molecule has 0 rings (SSSR count). The van der Waals surface area contributed by atoms with Crippen molar-refractivity contribution >= 4 is 0 Å². The van der Waals surface area contributed by atoms with E-state index in [1.54, 1.807) is 0 Å². The fourth-order valence-corrected chi connectivity index (χ4v) is 1.85. The number of nitrogens with one attached hydrogen (secondary N) is 1. The van der Waals surface area contributed by atoms with Crippen molar-refractivity contribution < 1.29 is 0 Å². The first kappa shape index (κ1) is 15.9. The largest absolute Gasteiger partial charge is 0.311 e. The topological polar surface area (TPSA) is 18.5 Å². The average molecular weight is 229 g/mol. The predicted molar refractivity (Wildman–Crippen MR) is 73.0 cm³/mol. The highest BCUT2D eigenvalue weighted by molar-refractivity contribution is 4.73. The Balaban J connectivity index is 3.84. The van der Waals surface area contributed by atoms with E-state index in [1.165, 1.54) is 0 Å². The zero-order valence-electron chi connectivity index (χ0n) is 12.1. The van der Waals surface area contributed by atoms with E-state index in [-0.39, 0.29) is 0 Å². The van der Waals surface area contributed by atoms with Gasteiger partial charge in [-0.2, -0.15) is 0 Å². The van der Waals surface area contributed by atoms with Crippen molar-refractivity contribution in [1.82, 2.24) is 15.1 Å². The van der Waals surface area contributed by atoms with Gasteiger partial charge in [-0.25, -0.2) is 0 Å². The molecule has 0 aliphatic rings. The third kappa shape index (κ3) is 7.20. The maximum absolute atomic E-state index is 3.67. The first-order valence-electron chi connectivity index (χ1n) is 6.61. The molecule has 0 spiro atoms. The lowest BCUT2D eigenvalue weighted by molar-refractivity contribution is 0.259. The Hall–Kier alpha value is -0.120. The van der Waals surface area contributed by atoms with Crippen LogP contribution in [-0.4, -0.2) is 62.7 Å². The van der Waals surface area contributed by atoms with Gasteiger partial charge < -0.3 is 15.1 Å². The maximum Gasteiger partial charge on any atom is 0.0218 e. The van der Waals surface area contributed by atoms with Crippen molar-refractivity contribution in [2.75, 3.05) is 46.8 Å². The molecule has 3 heteroatoms. The molecule has 0 bridgehead atoms. The molecule has 0 heterocycles. The van der Waals surface area contributed by atoms with Gasteiger partial charge in [0.15, 0.2) is 0 Å². The average Bonchev–Trinajstić information content (AvgIpc) is 2.22. The van der Waals surface area contributed by atoms with Gasteiger partial charge in [-0.15, -0.1) is 0 Å². The van der Waals surface area contributed by atoms with E-state index in [1.807, 2.05) is 0 Å². The Kier molecular flexibility index (Phi) is 8.90. The third-order valence-corrected chi connectivity index (χ3v) is 3.10. The number of likely N-dealkylation sites (N-methyl/N-ethyl adjacent to an activating group) is 2. The molecule has 0 aliphatic heterocycles. The van der Waals surface area contributed by atoms with E-state index in [9.17, 15) is 0 Å². The van der Waals surface area contributed by atoms with Crippen LogP contribution in [0.25, 0.3) is 0 Å². The van der Waals surface area contributed by atoms with E-state index < -0.39 is 0 Å². The van der Waals surface area contributed by atoms with E-state index >= 15 is 0 Å². The Bertz CT molecular complexity index is 153. The minimum Gasteiger partial charge on any atom is -0.311 e. The SMILES string of the molecule is CCN(CC)CCNC(CN(C)C)C(C)C. The fourth-order valence-electron chi connectivity index (χ4n) is 1.85. The second-order valence-corrected chi connectivity index (χ2v) is 5.09. The molecule has 0 saturated carbocycles. The smallest absolute Gasteiger partial charge is 0.0218 e. The minimum atomic E-state index is 0.602. The molecule has 0 amide bonds. The lowest BCUT2D eigenvalue weighted by Gasteiger charge is -2.27. The van der Waals surface area contributed by atoms with Crippen LogP contribution in [-0.2, 0) is 0 Å². The predicted octanol–water partition coefficient (Wildman–Crippen LogP) is 1.50. The molecule has 0 aromatic heterocycles. The van der Waals surface area contributed by atoms with Crippen molar-refractivity contribution in [1.29, 1.82) is 0 Å². The molecule has 0 fully saturated rings. The lowest BCUT2D eigenvalue weighted by Crippen LogP contribution is -2.45. The molecule has 1 unspecified atom stereocenters. The summed E-state index contributed by atoms with van der Waals surface area (Å²) in [5.74, 6) is 0.694. The van der Waals surface area contributed by atoms with Gasteiger partial charge >= 0.3 is 0 Å². The zero-order valence-corrected chi connectivity index (χ0v) is 12.1. The van der Waals surface area contributed by atoms with Crippen LogP contribution in [0.5, 0.6) is 0 Å². The summed E-state index contributed by atoms with van der Waals surface area (Å²) < 4.78 is 0. The van der Waals surface area contributed by atoms with Gasteiger partial charge in [-0.3, -0.25) is 0 Å². The first-order valence-corrected chi connectivity index (χ1v) is 6.61. The first-order chi connectivity index (χ1) is 7.51. The summed E-state index contributed by atoms with van der Waals surface area (Å²) in [5.41, 5.74) is 0. The van der Waals surface area contributed by atoms with Crippen LogP contribution in [0.4, 0.5) is 0 Å². The molecule has 1 N–H and O–H groups in total.